The smallest absolute Gasteiger partial charge is 0.322 e. The van der Waals surface area contributed by atoms with Crippen LogP contribution in [0.15, 0.2) is 60.0 Å². The molecule has 9 heteroatoms. The number of fused-ring (bicyclic) bond motifs is 1. The quantitative estimate of drug-likeness (QED) is 0.330. The molecule has 7 nitrogen and oxygen atoms in total. The summed E-state index contributed by atoms with van der Waals surface area (Å²) >= 11 is 7.70. The summed E-state index contributed by atoms with van der Waals surface area (Å²) in [4.78, 5) is 31.5. The molecule has 1 aliphatic heterocycles. The fraction of sp³-hybridized carbons (Fsp3) is 0.357. The van der Waals surface area contributed by atoms with Gasteiger partial charge in [-0.25, -0.2) is 4.79 Å². The highest BCUT2D eigenvalue weighted by atomic mass is 35.5. The predicted molar refractivity (Wildman–Crippen MR) is 148 cm³/mol. The number of urea groups is 1. The number of carbonyl (C=O) groups excluding carboxylic acids is 2. The first-order valence-corrected chi connectivity index (χ1v) is 13.6. The highest BCUT2D eigenvalue weighted by Gasteiger charge is 2.33. The van der Waals surface area contributed by atoms with Gasteiger partial charge in [0.1, 0.15) is 18.9 Å². The number of aryl methyl sites for hydroxylation is 1. The number of methoxy groups -OCH3 is 1. The summed E-state index contributed by atoms with van der Waals surface area (Å²) in [6.45, 7) is 3.76. The van der Waals surface area contributed by atoms with Crippen LogP contribution in [0.4, 0.5) is 10.5 Å². The molecule has 0 unspecified atom stereocenters. The summed E-state index contributed by atoms with van der Waals surface area (Å²) < 4.78 is 11.2. The number of anilines is 1. The summed E-state index contributed by atoms with van der Waals surface area (Å²) in [6, 6.07) is 16.3. The van der Waals surface area contributed by atoms with E-state index < -0.39 is 0 Å². The molecule has 2 aromatic carbocycles. The van der Waals surface area contributed by atoms with Gasteiger partial charge in [-0.15, -0.1) is 11.3 Å². The van der Waals surface area contributed by atoms with Crippen molar-refractivity contribution in [2.45, 2.75) is 25.8 Å². The Labute approximate surface area is 226 Å². The maximum atomic E-state index is 13.6. The zero-order valence-corrected chi connectivity index (χ0v) is 22.7. The number of rotatable bonds is 10. The summed E-state index contributed by atoms with van der Waals surface area (Å²) in [5, 5.41) is 5.61. The van der Waals surface area contributed by atoms with Gasteiger partial charge in [0.15, 0.2) is 0 Å². The van der Waals surface area contributed by atoms with Crippen LogP contribution in [-0.4, -0.2) is 61.7 Å². The first-order valence-electron chi connectivity index (χ1n) is 12.3. The monoisotopic (exact) mass is 541 g/mol. The Hall–Kier alpha value is -3.07. The molecule has 0 fully saturated rings. The average Bonchev–Trinajstić information content (AvgIpc) is 3.38. The molecule has 1 N–H and O–H groups in total. The molecule has 1 aromatic heterocycles. The number of thiophene rings is 1. The van der Waals surface area contributed by atoms with E-state index in [1.807, 2.05) is 48.2 Å². The van der Waals surface area contributed by atoms with Crippen LogP contribution in [0, 0.1) is 6.92 Å². The van der Waals surface area contributed by atoms with Crippen LogP contribution in [0.1, 0.15) is 28.5 Å². The largest absolute Gasteiger partial charge is 0.491 e. The number of carbonyl (C=O) groups is 2. The molecule has 1 atom stereocenters. The minimum absolute atomic E-state index is 0.0294. The van der Waals surface area contributed by atoms with Crippen LogP contribution in [0.2, 0.25) is 5.02 Å². The molecule has 196 valence electrons. The second-order valence-electron chi connectivity index (χ2n) is 8.98. The van der Waals surface area contributed by atoms with E-state index in [-0.39, 0.29) is 24.5 Å². The Bertz CT molecular complexity index is 1180. The molecule has 0 radical (unpaired) electrons. The van der Waals surface area contributed by atoms with E-state index in [0.717, 1.165) is 17.5 Å². The van der Waals surface area contributed by atoms with E-state index in [9.17, 15) is 9.59 Å². The van der Waals surface area contributed by atoms with Gasteiger partial charge in [-0.05, 0) is 73.2 Å². The van der Waals surface area contributed by atoms with Gasteiger partial charge < -0.3 is 24.6 Å². The van der Waals surface area contributed by atoms with E-state index in [4.69, 9.17) is 21.1 Å². The molecule has 1 aliphatic rings. The van der Waals surface area contributed by atoms with Gasteiger partial charge in [0, 0.05) is 42.4 Å². The lowest BCUT2D eigenvalue weighted by molar-refractivity contribution is -0.135. The summed E-state index contributed by atoms with van der Waals surface area (Å²) in [5.74, 6) is 0.579. The third kappa shape index (κ3) is 7.25. The van der Waals surface area contributed by atoms with Gasteiger partial charge in [-0.2, -0.15) is 0 Å². The standard InChI is InChI=1S/C28H32ClN3O4S/c1-20-4-8-22(9-5-20)30-28(34)31(14-3-16-35-2)18-27(33)32-15-12-26-24(13-17-37-26)25(32)19-36-23-10-6-21(29)7-11-23/h4-11,13,17,25H,3,12,14-16,18-19H2,1-2H3,(H,30,34)/t25-/m1/s1. The third-order valence-corrected chi connectivity index (χ3v) is 7.58. The van der Waals surface area contributed by atoms with Crippen molar-refractivity contribution in [2.24, 2.45) is 0 Å². The number of nitrogens with one attached hydrogen (secondary N) is 1. The van der Waals surface area contributed by atoms with Gasteiger partial charge in [0.05, 0.1) is 6.04 Å². The van der Waals surface area contributed by atoms with Gasteiger partial charge in [-0.3, -0.25) is 4.79 Å². The second kappa shape index (κ2) is 12.9. The molecule has 0 spiro atoms. The molecule has 2 heterocycles. The number of nitrogens with zero attached hydrogens (tertiary/aromatic N) is 2. The lowest BCUT2D eigenvalue weighted by Gasteiger charge is -2.37. The highest BCUT2D eigenvalue weighted by Crippen LogP contribution is 2.34. The van der Waals surface area contributed by atoms with E-state index in [0.29, 0.717) is 49.2 Å². The van der Waals surface area contributed by atoms with Crippen LogP contribution in [0.3, 0.4) is 0 Å². The Morgan fingerprint density at radius 1 is 1.14 bits per heavy atom. The van der Waals surface area contributed by atoms with E-state index >= 15 is 0 Å². The van der Waals surface area contributed by atoms with Crippen molar-refractivity contribution in [1.82, 2.24) is 9.80 Å². The number of hydrogen-bond donors (Lipinski definition) is 1. The van der Waals surface area contributed by atoms with Gasteiger partial charge in [0.2, 0.25) is 5.91 Å². The van der Waals surface area contributed by atoms with Crippen molar-refractivity contribution < 1.29 is 19.1 Å². The maximum Gasteiger partial charge on any atom is 0.322 e. The predicted octanol–water partition coefficient (Wildman–Crippen LogP) is 5.79. The van der Waals surface area contributed by atoms with Crippen molar-refractivity contribution in [3.05, 3.63) is 81.0 Å². The van der Waals surface area contributed by atoms with Crippen LogP contribution in [0.5, 0.6) is 5.75 Å². The molecular formula is C28H32ClN3O4S. The molecule has 4 rings (SSSR count). The molecule has 0 bridgehead atoms. The molecular weight excluding hydrogens is 510 g/mol. The normalized spacial score (nSPS) is 14.7. The Morgan fingerprint density at radius 3 is 2.62 bits per heavy atom. The Morgan fingerprint density at radius 2 is 1.89 bits per heavy atom. The van der Waals surface area contributed by atoms with E-state index in [1.54, 1.807) is 35.5 Å². The van der Waals surface area contributed by atoms with Crippen molar-refractivity contribution >= 4 is 40.6 Å². The van der Waals surface area contributed by atoms with Gasteiger partial charge in [-0.1, -0.05) is 29.3 Å². The zero-order valence-electron chi connectivity index (χ0n) is 21.1. The van der Waals surface area contributed by atoms with Crippen LogP contribution in [-0.2, 0) is 16.0 Å². The number of ether oxygens (including phenoxy) is 2. The third-order valence-electron chi connectivity index (χ3n) is 6.33. The minimum Gasteiger partial charge on any atom is -0.491 e. The summed E-state index contributed by atoms with van der Waals surface area (Å²) in [6.07, 6.45) is 1.41. The van der Waals surface area contributed by atoms with Crippen LogP contribution < -0.4 is 10.1 Å². The molecule has 0 saturated carbocycles. The second-order valence-corrected chi connectivity index (χ2v) is 10.4. The lowest BCUT2D eigenvalue weighted by Crippen LogP contribution is -2.49. The minimum atomic E-state index is -0.310. The van der Waals surface area contributed by atoms with Crippen molar-refractivity contribution in [3.63, 3.8) is 0 Å². The number of halogens is 1. The van der Waals surface area contributed by atoms with Crippen LogP contribution >= 0.6 is 22.9 Å². The van der Waals surface area contributed by atoms with E-state index in [2.05, 4.69) is 16.8 Å². The first kappa shape index (κ1) is 27.0. The lowest BCUT2D eigenvalue weighted by atomic mass is 10.0. The van der Waals surface area contributed by atoms with E-state index in [1.165, 1.54) is 4.88 Å². The number of hydrogen-bond acceptors (Lipinski definition) is 5. The fourth-order valence-electron chi connectivity index (χ4n) is 4.33. The topological polar surface area (TPSA) is 71.1 Å². The number of benzene rings is 2. The van der Waals surface area contributed by atoms with Crippen molar-refractivity contribution in [1.29, 1.82) is 0 Å². The zero-order chi connectivity index (χ0) is 26.2. The Balaban J connectivity index is 1.47. The first-order chi connectivity index (χ1) is 17.9. The molecule has 3 aromatic rings. The van der Waals surface area contributed by atoms with Crippen LogP contribution in [0.25, 0.3) is 0 Å². The Kier molecular flexibility index (Phi) is 9.44. The maximum absolute atomic E-state index is 13.6. The molecule has 3 amide bonds. The SMILES string of the molecule is COCCCN(CC(=O)N1CCc2sccc2[C@H]1COc1ccc(Cl)cc1)C(=O)Nc1ccc(C)cc1. The highest BCUT2D eigenvalue weighted by molar-refractivity contribution is 7.10. The van der Waals surface area contributed by atoms with Crippen molar-refractivity contribution in [2.75, 3.05) is 45.3 Å². The number of amides is 3. The molecule has 0 saturated heterocycles. The van der Waals surface area contributed by atoms with Gasteiger partial charge in [0.25, 0.3) is 0 Å². The average molecular weight is 542 g/mol. The van der Waals surface area contributed by atoms with Crippen molar-refractivity contribution in [3.8, 4) is 5.75 Å². The molecule has 37 heavy (non-hydrogen) atoms. The summed E-state index contributed by atoms with van der Waals surface area (Å²) in [7, 11) is 1.62. The van der Waals surface area contributed by atoms with Gasteiger partial charge >= 0.3 is 6.03 Å². The fourth-order valence-corrected chi connectivity index (χ4v) is 5.38. The molecule has 0 aliphatic carbocycles. The summed E-state index contributed by atoms with van der Waals surface area (Å²) in [5.41, 5.74) is 2.90.